The van der Waals surface area contributed by atoms with Crippen molar-refractivity contribution in [2.75, 3.05) is 7.04 Å². The number of methoxy groups -OCH3 is 1. The summed E-state index contributed by atoms with van der Waals surface area (Å²) in [5.74, 6) is 0.142. The standard InChI is InChI=1S/C7H8BrNO/c1-5-3-6(8)4-9-7(5)10-2/h3-4H,1-2H3/i2D3. The molecule has 0 aliphatic rings. The van der Waals surface area contributed by atoms with Crippen molar-refractivity contribution in [3.05, 3.63) is 22.3 Å². The maximum Gasteiger partial charge on any atom is 0.215 e. The fraction of sp³-hybridized carbons (Fsp3) is 0.286. The summed E-state index contributed by atoms with van der Waals surface area (Å²) >= 11 is 3.22. The molecule has 2 nitrogen and oxygen atoms in total. The Morgan fingerprint density at radius 2 is 2.60 bits per heavy atom. The molecular formula is C7H8BrNO. The van der Waals surface area contributed by atoms with Crippen LogP contribution in [0.25, 0.3) is 0 Å². The van der Waals surface area contributed by atoms with E-state index < -0.39 is 7.04 Å². The maximum atomic E-state index is 6.88. The summed E-state index contributed by atoms with van der Waals surface area (Å²) < 4.78 is 26.1. The second-order valence-corrected chi connectivity index (χ2v) is 2.79. The number of ether oxygens (including phenoxy) is 1. The van der Waals surface area contributed by atoms with Gasteiger partial charge >= 0.3 is 0 Å². The third kappa shape index (κ3) is 1.48. The summed E-state index contributed by atoms with van der Waals surface area (Å²) in [7, 11) is -2.44. The van der Waals surface area contributed by atoms with Gasteiger partial charge in [0, 0.05) is 16.2 Å². The molecule has 0 N–H and O–H groups in total. The average molecular weight is 205 g/mol. The molecule has 1 aromatic heterocycles. The molecule has 0 aliphatic heterocycles. The van der Waals surface area contributed by atoms with E-state index in [2.05, 4.69) is 25.7 Å². The lowest BCUT2D eigenvalue weighted by molar-refractivity contribution is 0.394. The highest BCUT2D eigenvalue weighted by Crippen LogP contribution is 2.17. The molecule has 0 spiro atoms. The first-order chi connectivity index (χ1) is 5.88. The van der Waals surface area contributed by atoms with Crippen molar-refractivity contribution in [3.63, 3.8) is 0 Å². The van der Waals surface area contributed by atoms with Gasteiger partial charge in [0.15, 0.2) is 0 Å². The van der Waals surface area contributed by atoms with Gasteiger partial charge in [0.1, 0.15) is 0 Å². The molecule has 0 fully saturated rings. The quantitative estimate of drug-likeness (QED) is 0.700. The van der Waals surface area contributed by atoms with Crippen LogP contribution in [0.1, 0.15) is 9.68 Å². The van der Waals surface area contributed by atoms with Gasteiger partial charge in [-0.05, 0) is 28.9 Å². The molecule has 0 aliphatic carbocycles. The summed E-state index contributed by atoms with van der Waals surface area (Å²) in [6, 6.07) is 1.74. The second-order valence-electron chi connectivity index (χ2n) is 1.88. The summed E-state index contributed by atoms with van der Waals surface area (Å²) in [6.07, 6.45) is 1.49. The molecule has 0 aromatic carbocycles. The van der Waals surface area contributed by atoms with Crippen molar-refractivity contribution in [3.8, 4) is 5.88 Å². The number of pyridine rings is 1. The Labute approximate surface area is 72.6 Å². The lowest BCUT2D eigenvalue weighted by atomic mass is 10.3. The molecule has 0 saturated heterocycles. The molecule has 3 heteroatoms. The fourth-order valence-corrected chi connectivity index (χ4v) is 1.08. The summed E-state index contributed by atoms with van der Waals surface area (Å²) in [5.41, 5.74) is 0.686. The summed E-state index contributed by atoms with van der Waals surface area (Å²) in [5, 5.41) is 0. The normalized spacial score (nSPS) is 15.2. The van der Waals surface area contributed by atoms with Crippen LogP contribution >= 0.6 is 15.9 Å². The molecule has 1 rings (SSSR count). The molecule has 0 radical (unpaired) electrons. The highest BCUT2D eigenvalue weighted by Gasteiger charge is 1.97. The van der Waals surface area contributed by atoms with Crippen LogP contribution in [0.3, 0.4) is 0 Å². The Balaban J connectivity index is 2.90. The van der Waals surface area contributed by atoms with Crippen molar-refractivity contribution < 1.29 is 8.85 Å². The van der Waals surface area contributed by atoms with Gasteiger partial charge in [-0.1, -0.05) is 0 Å². The van der Waals surface area contributed by atoms with Gasteiger partial charge in [0.05, 0.1) is 11.2 Å². The van der Waals surface area contributed by atoms with E-state index >= 15 is 0 Å². The number of aromatic nitrogens is 1. The molecule has 0 saturated carbocycles. The van der Waals surface area contributed by atoms with E-state index in [4.69, 9.17) is 4.11 Å². The van der Waals surface area contributed by atoms with Crippen LogP contribution in [0, 0.1) is 6.92 Å². The van der Waals surface area contributed by atoms with Gasteiger partial charge in [0.25, 0.3) is 0 Å². The highest BCUT2D eigenvalue weighted by atomic mass is 79.9. The molecule has 0 atom stereocenters. The van der Waals surface area contributed by atoms with Crippen LogP contribution in [-0.2, 0) is 0 Å². The topological polar surface area (TPSA) is 22.1 Å². The van der Waals surface area contributed by atoms with Gasteiger partial charge in [0.2, 0.25) is 5.88 Å². The molecule has 1 heterocycles. The third-order valence-corrected chi connectivity index (χ3v) is 1.53. The first kappa shape index (κ1) is 4.34. The molecule has 0 amide bonds. The molecular weight excluding hydrogens is 194 g/mol. The smallest absolute Gasteiger partial charge is 0.215 e. The number of rotatable bonds is 1. The second kappa shape index (κ2) is 3.01. The average Bonchev–Trinajstić information content (AvgIpc) is 1.93. The number of aryl methyl sites for hydroxylation is 1. The lowest BCUT2D eigenvalue weighted by Gasteiger charge is -2.01. The molecule has 10 heavy (non-hydrogen) atoms. The Bertz CT molecular complexity index is 313. The first-order valence-corrected chi connectivity index (χ1v) is 3.49. The van der Waals surface area contributed by atoms with Gasteiger partial charge < -0.3 is 4.74 Å². The van der Waals surface area contributed by atoms with Crippen LogP contribution in [0.2, 0.25) is 0 Å². The number of nitrogens with zero attached hydrogens (tertiary/aromatic N) is 1. The maximum absolute atomic E-state index is 6.88. The van der Waals surface area contributed by atoms with Crippen molar-refractivity contribution in [2.45, 2.75) is 6.92 Å². The SMILES string of the molecule is [2H]C([2H])([2H])Oc1ncc(Br)cc1C. The van der Waals surface area contributed by atoms with Crippen LogP contribution in [0.4, 0.5) is 0 Å². The Morgan fingerprint density at radius 3 is 3.20 bits per heavy atom. The van der Waals surface area contributed by atoms with Crippen LogP contribution in [-0.4, -0.2) is 12.0 Å². The van der Waals surface area contributed by atoms with Gasteiger partial charge in [-0.3, -0.25) is 0 Å². The van der Waals surface area contributed by atoms with Crippen LogP contribution < -0.4 is 4.74 Å². The Kier molecular flexibility index (Phi) is 1.31. The lowest BCUT2D eigenvalue weighted by Crippen LogP contribution is -1.89. The zero-order chi connectivity index (χ0) is 10.1. The van der Waals surface area contributed by atoms with E-state index in [9.17, 15) is 0 Å². The van der Waals surface area contributed by atoms with E-state index in [0.29, 0.717) is 5.56 Å². The van der Waals surface area contributed by atoms with Gasteiger partial charge in [-0.15, -0.1) is 0 Å². The zero-order valence-corrected chi connectivity index (χ0v) is 6.97. The first-order valence-electron chi connectivity index (χ1n) is 4.20. The van der Waals surface area contributed by atoms with Crippen molar-refractivity contribution >= 4 is 15.9 Å². The van der Waals surface area contributed by atoms with E-state index in [0.717, 1.165) is 4.47 Å². The minimum atomic E-state index is -2.44. The summed E-state index contributed by atoms with van der Waals surface area (Å²) in [6.45, 7) is 1.73. The molecule has 1 aromatic rings. The largest absolute Gasteiger partial charge is 0.481 e. The number of halogens is 1. The van der Waals surface area contributed by atoms with Crippen molar-refractivity contribution in [1.29, 1.82) is 0 Å². The summed E-state index contributed by atoms with van der Waals surface area (Å²) in [4.78, 5) is 3.83. The fourth-order valence-electron chi connectivity index (χ4n) is 0.635. The zero-order valence-electron chi connectivity index (χ0n) is 8.39. The van der Waals surface area contributed by atoms with Crippen LogP contribution in [0.15, 0.2) is 16.7 Å². The number of hydrogen-bond donors (Lipinski definition) is 0. The van der Waals surface area contributed by atoms with Crippen molar-refractivity contribution in [1.82, 2.24) is 4.98 Å². The molecule has 0 bridgehead atoms. The van der Waals surface area contributed by atoms with Crippen LogP contribution in [0.5, 0.6) is 5.88 Å². The van der Waals surface area contributed by atoms with Crippen molar-refractivity contribution in [2.24, 2.45) is 0 Å². The third-order valence-electron chi connectivity index (χ3n) is 1.09. The number of hydrogen-bond acceptors (Lipinski definition) is 2. The van der Waals surface area contributed by atoms with Gasteiger partial charge in [-0.25, -0.2) is 4.98 Å². The van der Waals surface area contributed by atoms with E-state index in [1.165, 1.54) is 6.20 Å². The predicted octanol–water partition coefficient (Wildman–Crippen LogP) is 2.16. The monoisotopic (exact) mass is 204 g/mol. The van der Waals surface area contributed by atoms with E-state index in [1.54, 1.807) is 13.0 Å². The molecule has 0 unspecified atom stereocenters. The van der Waals surface area contributed by atoms with Gasteiger partial charge in [-0.2, -0.15) is 0 Å². The predicted molar refractivity (Wildman–Crippen MR) is 43.2 cm³/mol. The minimum absolute atomic E-state index is 0.142. The Morgan fingerprint density at radius 1 is 1.80 bits per heavy atom. The molecule has 54 valence electrons. The van der Waals surface area contributed by atoms with E-state index in [1.807, 2.05) is 0 Å². The highest BCUT2D eigenvalue weighted by molar-refractivity contribution is 9.10. The van der Waals surface area contributed by atoms with E-state index in [-0.39, 0.29) is 5.88 Å². The minimum Gasteiger partial charge on any atom is -0.481 e. The Hall–Kier alpha value is -0.570.